The molecule has 0 saturated carbocycles. The molecule has 2 unspecified atom stereocenters. The predicted molar refractivity (Wildman–Crippen MR) is 57.2 cm³/mol. The first-order valence-electron chi connectivity index (χ1n) is 5.19. The monoisotopic (exact) mass is 168 g/mol. The van der Waals surface area contributed by atoms with Crippen LogP contribution in [0.1, 0.15) is 47.5 Å². The lowest BCUT2D eigenvalue weighted by molar-refractivity contribution is 0.268. The van der Waals surface area contributed by atoms with Gasteiger partial charge in [-0.25, -0.2) is 0 Å². The normalized spacial score (nSPS) is 18.4. The lowest BCUT2D eigenvalue weighted by Crippen LogP contribution is -2.19. The van der Waals surface area contributed by atoms with Crippen LogP contribution in [-0.4, -0.2) is 0 Å². The van der Waals surface area contributed by atoms with E-state index in [4.69, 9.17) is 0 Å². The first kappa shape index (κ1) is 11.7. The summed E-state index contributed by atoms with van der Waals surface area (Å²) in [5.74, 6) is 2.35. The van der Waals surface area contributed by atoms with Crippen LogP contribution in [0.25, 0.3) is 0 Å². The van der Waals surface area contributed by atoms with Crippen LogP contribution in [0.3, 0.4) is 0 Å². The Bertz CT molecular complexity index is 135. The number of rotatable bonds is 5. The first-order chi connectivity index (χ1) is 5.54. The maximum atomic E-state index is 4.04. The van der Waals surface area contributed by atoms with Gasteiger partial charge in [-0.3, -0.25) is 0 Å². The summed E-state index contributed by atoms with van der Waals surface area (Å²) in [6.45, 7) is 15.4. The van der Waals surface area contributed by atoms with Crippen molar-refractivity contribution in [2.24, 2.45) is 17.8 Å². The highest BCUT2D eigenvalue weighted by atomic mass is 14.3. The molecule has 0 aliphatic rings. The van der Waals surface area contributed by atoms with E-state index in [1.807, 2.05) is 0 Å². The van der Waals surface area contributed by atoms with Crippen molar-refractivity contribution in [1.82, 2.24) is 0 Å². The molecule has 0 aromatic rings. The van der Waals surface area contributed by atoms with Crippen molar-refractivity contribution in [2.45, 2.75) is 47.5 Å². The van der Waals surface area contributed by atoms with Crippen LogP contribution in [0.4, 0.5) is 0 Å². The maximum absolute atomic E-state index is 4.04. The van der Waals surface area contributed by atoms with Crippen molar-refractivity contribution in [3.8, 4) is 0 Å². The average molecular weight is 168 g/mol. The van der Waals surface area contributed by atoms with E-state index in [1.165, 1.54) is 18.4 Å². The summed E-state index contributed by atoms with van der Waals surface area (Å²) in [5.41, 5.74) is 1.34. The van der Waals surface area contributed by atoms with Gasteiger partial charge < -0.3 is 0 Å². The third-order valence-corrected chi connectivity index (χ3v) is 3.27. The van der Waals surface area contributed by atoms with E-state index >= 15 is 0 Å². The average Bonchev–Trinajstić information content (AvgIpc) is 2.05. The standard InChI is InChI=1S/C12H24/c1-7-10(5)12(8-2)11(6)9(3)4/h10-12H,3,7-8H2,1-2,4-6H3/t10?,11?,12-/m0/s1. The summed E-state index contributed by atoms with van der Waals surface area (Å²) in [5, 5.41) is 0. The Morgan fingerprint density at radius 2 is 1.67 bits per heavy atom. The molecule has 0 rings (SSSR count). The zero-order chi connectivity index (χ0) is 9.72. The Morgan fingerprint density at radius 1 is 1.17 bits per heavy atom. The minimum Gasteiger partial charge on any atom is -0.0999 e. The van der Waals surface area contributed by atoms with Gasteiger partial charge in [0.05, 0.1) is 0 Å². The lowest BCUT2D eigenvalue weighted by Gasteiger charge is -2.28. The van der Waals surface area contributed by atoms with Crippen molar-refractivity contribution in [1.29, 1.82) is 0 Å². The molecule has 0 bridgehead atoms. The molecule has 0 spiro atoms. The molecule has 3 atom stereocenters. The maximum Gasteiger partial charge on any atom is -0.0206 e. The Morgan fingerprint density at radius 3 is 1.92 bits per heavy atom. The smallest absolute Gasteiger partial charge is 0.0206 e. The second-order valence-corrected chi connectivity index (χ2v) is 4.09. The van der Waals surface area contributed by atoms with Gasteiger partial charge in [-0.2, -0.15) is 0 Å². The quantitative estimate of drug-likeness (QED) is 0.538. The summed E-state index contributed by atoms with van der Waals surface area (Å²) in [6, 6.07) is 0. The van der Waals surface area contributed by atoms with Crippen LogP contribution in [0.15, 0.2) is 12.2 Å². The van der Waals surface area contributed by atoms with Gasteiger partial charge in [0, 0.05) is 0 Å². The van der Waals surface area contributed by atoms with Gasteiger partial charge in [-0.05, 0) is 24.7 Å². The molecule has 0 saturated heterocycles. The topological polar surface area (TPSA) is 0 Å². The highest BCUT2D eigenvalue weighted by Crippen LogP contribution is 2.30. The summed E-state index contributed by atoms with van der Waals surface area (Å²) in [6.07, 6.45) is 2.57. The summed E-state index contributed by atoms with van der Waals surface area (Å²) in [4.78, 5) is 0. The van der Waals surface area contributed by atoms with Crippen LogP contribution in [0.2, 0.25) is 0 Å². The third kappa shape index (κ3) is 3.00. The number of allylic oxidation sites excluding steroid dienone is 1. The minimum absolute atomic E-state index is 0.685. The number of hydrogen-bond donors (Lipinski definition) is 0. The van der Waals surface area contributed by atoms with E-state index in [1.54, 1.807) is 0 Å². The highest BCUT2D eigenvalue weighted by Gasteiger charge is 2.20. The third-order valence-electron chi connectivity index (χ3n) is 3.27. The van der Waals surface area contributed by atoms with Gasteiger partial charge in [-0.1, -0.05) is 52.7 Å². The van der Waals surface area contributed by atoms with Crippen molar-refractivity contribution in [3.63, 3.8) is 0 Å². The summed E-state index contributed by atoms with van der Waals surface area (Å²) >= 11 is 0. The molecular formula is C12H24. The predicted octanol–water partition coefficient (Wildman–Crippen LogP) is 4.27. The molecule has 0 fully saturated rings. The van der Waals surface area contributed by atoms with E-state index in [2.05, 4.69) is 41.2 Å². The lowest BCUT2D eigenvalue weighted by atomic mass is 9.77. The second kappa shape index (κ2) is 5.40. The SMILES string of the molecule is C=C(C)C(C)[C@@H](CC)C(C)CC. The van der Waals surface area contributed by atoms with Gasteiger partial charge in [0.15, 0.2) is 0 Å². The molecule has 0 heterocycles. The molecule has 12 heavy (non-hydrogen) atoms. The summed E-state index contributed by atoms with van der Waals surface area (Å²) in [7, 11) is 0. The van der Waals surface area contributed by atoms with Gasteiger partial charge in [0.25, 0.3) is 0 Å². The van der Waals surface area contributed by atoms with Gasteiger partial charge >= 0.3 is 0 Å². The van der Waals surface area contributed by atoms with Crippen molar-refractivity contribution in [3.05, 3.63) is 12.2 Å². The molecule has 0 heteroatoms. The Labute approximate surface area is 78.1 Å². The largest absolute Gasteiger partial charge is 0.0999 e. The Hall–Kier alpha value is -0.260. The fraction of sp³-hybridized carbons (Fsp3) is 0.833. The van der Waals surface area contributed by atoms with E-state index in [0.717, 1.165) is 11.8 Å². The molecule has 0 N–H and O–H groups in total. The van der Waals surface area contributed by atoms with Crippen molar-refractivity contribution in [2.75, 3.05) is 0 Å². The fourth-order valence-electron chi connectivity index (χ4n) is 1.92. The molecule has 0 aromatic heterocycles. The molecule has 0 amide bonds. The van der Waals surface area contributed by atoms with E-state index < -0.39 is 0 Å². The van der Waals surface area contributed by atoms with E-state index in [-0.39, 0.29) is 0 Å². The van der Waals surface area contributed by atoms with Crippen LogP contribution in [0.5, 0.6) is 0 Å². The molecule has 0 nitrogen and oxygen atoms in total. The molecule has 0 radical (unpaired) electrons. The van der Waals surface area contributed by atoms with Gasteiger partial charge in [0.1, 0.15) is 0 Å². The number of hydrogen-bond acceptors (Lipinski definition) is 0. The van der Waals surface area contributed by atoms with Crippen LogP contribution in [-0.2, 0) is 0 Å². The van der Waals surface area contributed by atoms with Crippen molar-refractivity contribution < 1.29 is 0 Å². The second-order valence-electron chi connectivity index (χ2n) is 4.09. The van der Waals surface area contributed by atoms with Crippen LogP contribution >= 0.6 is 0 Å². The molecule has 72 valence electrons. The van der Waals surface area contributed by atoms with Crippen LogP contribution in [0, 0.1) is 17.8 Å². The van der Waals surface area contributed by atoms with Crippen LogP contribution < -0.4 is 0 Å². The van der Waals surface area contributed by atoms with E-state index in [0.29, 0.717) is 5.92 Å². The molecule has 0 aromatic carbocycles. The highest BCUT2D eigenvalue weighted by molar-refractivity contribution is 4.97. The van der Waals surface area contributed by atoms with E-state index in [9.17, 15) is 0 Å². The Kier molecular flexibility index (Phi) is 5.28. The molecule has 0 aliphatic carbocycles. The zero-order valence-corrected chi connectivity index (χ0v) is 9.35. The van der Waals surface area contributed by atoms with Gasteiger partial charge in [0.2, 0.25) is 0 Å². The summed E-state index contributed by atoms with van der Waals surface area (Å²) < 4.78 is 0. The first-order valence-corrected chi connectivity index (χ1v) is 5.19. The van der Waals surface area contributed by atoms with Gasteiger partial charge in [-0.15, -0.1) is 0 Å². The zero-order valence-electron chi connectivity index (χ0n) is 9.35. The Balaban J connectivity index is 4.23. The fourth-order valence-corrected chi connectivity index (χ4v) is 1.92. The minimum atomic E-state index is 0.685. The molecule has 0 aliphatic heterocycles. The molecular weight excluding hydrogens is 144 g/mol. The van der Waals surface area contributed by atoms with Crippen molar-refractivity contribution >= 4 is 0 Å².